The van der Waals surface area contributed by atoms with Gasteiger partial charge in [-0.25, -0.2) is 4.39 Å². The molecule has 0 spiro atoms. The standard InChI is InChI=1S/C12H15FN4O/c1-14-6-9-3-4-11(13)10(5-9)7-18-12-15-8-17(2)16-12/h3-5,8,14H,6-7H2,1-2H3. The summed E-state index contributed by atoms with van der Waals surface area (Å²) in [4.78, 5) is 3.91. The van der Waals surface area contributed by atoms with Crippen LogP contribution < -0.4 is 10.1 Å². The van der Waals surface area contributed by atoms with Gasteiger partial charge in [-0.1, -0.05) is 6.07 Å². The van der Waals surface area contributed by atoms with Gasteiger partial charge >= 0.3 is 6.01 Å². The smallest absolute Gasteiger partial charge is 0.335 e. The molecule has 0 aliphatic carbocycles. The van der Waals surface area contributed by atoms with E-state index in [2.05, 4.69) is 15.4 Å². The molecule has 6 heteroatoms. The average molecular weight is 250 g/mol. The Morgan fingerprint density at radius 3 is 2.94 bits per heavy atom. The van der Waals surface area contributed by atoms with E-state index in [0.29, 0.717) is 12.1 Å². The third-order valence-electron chi connectivity index (χ3n) is 2.43. The highest BCUT2D eigenvalue weighted by Crippen LogP contribution is 2.13. The van der Waals surface area contributed by atoms with Gasteiger partial charge in [0.2, 0.25) is 0 Å². The van der Waals surface area contributed by atoms with Gasteiger partial charge in [0.1, 0.15) is 18.8 Å². The number of nitrogens with one attached hydrogen (secondary N) is 1. The Kier molecular flexibility index (Phi) is 3.88. The summed E-state index contributed by atoms with van der Waals surface area (Å²) in [5.74, 6) is -0.286. The second-order valence-corrected chi connectivity index (χ2v) is 3.95. The summed E-state index contributed by atoms with van der Waals surface area (Å²) in [5, 5.41) is 6.98. The molecule has 1 aromatic carbocycles. The Morgan fingerprint density at radius 2 is 2.28 bits per heavy atom. The number of aryl methyl sites for hydroxylation is 1. The highest BCUT2D eigenvalue weighted by atomic mass is 19.1. The Morgan fingerprint density at radius 1 is 1.44 bits per heavy atom. The van der Waals surface area contributed by atoms with Gasteiger partial charge in [0, 0.05) is 19.2 Å². The first-order valence-electron chi connectivity index (χ1n) is 5.59. The predicted molar refractivity (Wildman–Crippen MR) is 64.5 cm³/mol. The lowest BCUT2D eigenvalue weighted by Gasteiger charge is -2.06. The molecule has 0 atom stereocenters. The normalized spacial score (nSPS) is 10.6. The maximum absolute atomic E-state index is 13.6. The van der Waals surface area contributed by atoms with Gasteiger partial charge in [-0.05, 0) is 24.7 Å². The van der Waals surface area contributed by atoms with Crippen LogP contribution in [0, 0.1) is 5.82 Å². The molecule has 0 unspecified atom stereocenters. The minimum atomic E-state index is -0.286. The summed E-state index contributed by atoms with van der Waals surface area (Å²) in [5.41, 5.74) is 1.50. The van der Waals surface area contributed by atoms with Gasteiger partial charge in [-0.3, -0.25) is 4.68 Å². The maximum Gasteiger partial charge on any atom is 0.335 e. The van der Waals surface area contributed by atoms with Crippen molar-refractivity contribution < 1.29 is 9.13 Å². The number of nitrogens with zero attached hydrogens (tertiary/aromatic N) is 3. The zero-order valence-electron chi connectivity index (χ0n) is 10.4. The van der Waals surface area contributed by atoms with Crippen LogP contribution in [-0.4, -0.2) is 21.8 Å². The van der Waals surface area contributed by atoms with Crippen molar-refractivity contribution in [1.82, 2.24) is 20.1 Å². The Bertz CT molecular complexity index is 527. The topological polar surface area (TPSA) is 52.0 Å². The first-order chi connectivity index (χ1) is 8.69. The second-order valence-electron chi connectivity index (χ2n) is 3.95. The molecule has 0 fully saturated rings. The van der Waals surface area contributed by atoms with Gasteiger partial charge in [0.15, 0.2) is 0 Å². The zero-order valence-corrected chi connectivity index (χ0v) is 10.4. The summed E-state index contributed by atoms with van der Waals surface area (Å²) in [6.45, 7) is 0.808. The molecule has 2 aromatic rings. The molecule has 0 bridgehead atoms. The van der Waals surface area contributed by atoms with Gasteiger partial charge in [-0.2, -0.15) is 4.98 Å². The SMILES string of the molecule is CNCc1ccc(F)c(COc2ncn(C)n2)c1. The number of hydrogen-bond acceptors (Lipinski definition) is 4. The van der Waals surface area contributed by atoms with Crippen LogP contribution in [0.5, 0.6) is 6.01 Å². The molecule has 0 radical (unpaired) electrons. The second kappa shape index (κ2) is 5.59. The molecule has 1 aromatic heterocycles. The van der Waals surface area contributed by atoms with Crippen molar-refractivity contribution >= 4 is 0 Å². The fourth-order valence-corrected chi connectivity index (χ4v) is 1.58. The van der Waals surface area contributed by atoms with E-state index < -0.39 is 0 Å². The largest absolute Gasteiger partial charge is 0.457 e. The lowest BCUT2D eigenvalue weighted by atomic mass is 10.1. The zero-order chi connectivity index (χ0) is 13.0. The van der Waals surface area contributed by atoms with Crippen molar-refractivity contribution in [3.8, 4) is 6.01 Å². The molecule has 96 valence electrons. The van der Waals surface area contributed by atoms with Crippen LogP contribution in [0.2, 0.25) is 0 Å². The first kappa shape index (κ1) is 12.5. The van der Waals surface area contributed by atoms with Crippen LogP contribution in [0.25, 0.3) is 0 Å². The van der Waals surface area contributed by atoms with E-state index in [-0.39, 0.29) is 18.4 Å². The molecule has 1 N–H and O–H groups in total. The van der Waals surface area contributed by atoms with E-state index in [0.717, 1.165) is 5.56 Å². The predicted octanol–water partition coefficient (Wildman–Crippen LogP) is 1.25. The van der Waals surface area contributed by atoms with Crippen molar-refractivity contribution in [1.29, 1.82) is 0 Å². The number of benzene rings is 1. The maximum atomic E-state index is 13.6. The van der Waals surface area contributed by atoms with Crippen LogP contribution in [0.1, 0.15) is 11.1 Å². The van der Waals surface area contributed by atoms with Crippen molar-refractivity contribution in [2.24, 2.45) is 7.05 Å². The molecular formula is C12H15FN4O. The van der Waals surface area contributed by atoms with E-state index in [1.807, 2.05) is 7.05 Å². The number of hydrogen-bond donors (Lipinski definition) is 1. The highest BCUT2D eigenvalue weighted by molar-refractivity contribution is 5.24. The van der Waals surface area contributed by atoms with Crippen molar-refractivity contribution in [2.75, 3.05) is 7.05 Å². The highest BCUT2D eigenvalue weighted by Gasteiger charge is 2.06. The Labute approximate surface area is 105 Å². The summed E-state index contributed by atoms with van der Waals surface area (Å²) < 4.78 is 20.4. The summed E-state index contributed by atoms with van der Waals surface area (Å²) in [6.07, 6.45) is 1.53. The fourth-order valence-electron chi connectivity index (χ4n) is 1.58. The van der Waals surface area contributed by atoms with Crippen LogP contribution in [0.3, 0.4) is 0 Å². The van der Waals surface area contributed by atoms with E-state index in [4.69, 9.17) is 4.74 Å². The monoisotopic (exact) mass is 250 g/mol. The van der Waals surface area contributed by atoms with Crippen LogP contribution >= 0.6 is 0 Å². The van der Waals surface area contributed by atoms with Gasteiger partial charge in [0.25, 0.3) is 0 Å². The lowest BCUT2D eigenvalue weighted by molar-refractivity contribution is 0.274. The quantitative estimate of drug-likeness (QED) is 0.867. The number of ether oxygens (including phenoxy) is 1. The molecule has 5 nitrogen and oxygen atoms in total. The van der Waals surface area contributed by atoms with Crippen molar-refractivity contribution in [3.63, 3.8) is 0 Å². The molecule has 0 saturated carbocycles. The number of rotatable bonds is 5. The summed E-state index contributed by atoms with van der Waals surface area (Å²) in [7, 11) is 3.59. The Hall–Kier alpha value is -1.95. The molecule has 1 heterocycles. The Balaban J connectivity index is 2.05. The molecule has 0 amide bonds. The van der Waals surface area contributed by atoms with Gasteiger partial charge in [0.05, 0.1) is 0 Å². The van der Waals surface area contributed by atoms with E-state index >= 15 is 0 Å². The minimum absolute atomic E-state index is 0.118. The van der Waals surface area contributed by atoms with E-state index in [9.17, 15) is 4.39 Å². The van der Waals surface area contributed by atoms with Crippen LogP contribution in [0.15, 0.2) is 24.5 Å². The third kappa shape index (κ3) is 3.04. The van der Waals surface area contributed by atoms with Crippen molar-refractivity contribution in [2.45, 2.75) is 13.2 Å². The lowest BCUT2D eigenvalue weighted by Crippen LogP contribution is -2.07. The van der Waals surface area contributed by atoms with Gasteiger partial charge in [-0.15, -0.1) is 5.10 Å². The molecular weight excluding hydrogens is 235 g/mol. The molecule has 0 aliphatic heterocycles. The fraction of sp³-hybridized carbons (Fsp3) is 0.333. The number of aromatic nitrogens is 3. The minimum Gasteiger partial charge on any atom is -0.457 e. The first-order valence-corrected chi connectivity index (χ1v) is 5.59. The van der Waals surface area contributed by atoms with E-state index in [1.54, 1.807) is 19.2 Å². The molecule has 0 aliphatic rings. The molecule has 18 heavy (non-hydrogen) atoms. The van der Waals surface area contributed by atoms with E-state index in [1.165, 1.54) is 17.1 Å². The molecule has 0 saturated heterocycles. The average Bonchev–Trinajstić information content (AvgIpc) is 2.76. The third-order valence-corrected chi connectivity index (χ3v) is 2.43. The number of halogens is 1. The van der Waals surface area contributed by atoms with Crippen LogP contribution in [0.4, 0.5) is 4.39 Å². The van der Waals surface area contributed by atoms with Crippen LogP contribution in [-0.2, 0) is 20.2 Å². The summed E-state index contributed by atoms with van der Waals surface area (Å²) in [6, 6.07) is 5.20. The molecule has 2 rings (SSSR count). The van der Waals surface area contributed by atoms with Crippen molar-refractivity contribution in [3.05, 3.63) is 41.5 Å². The van der Waals surface area contributed by atoms with Gasteiger partial charge < -0.3 is 10.1 Å². The summed E-state index contributed by atoms with van der Waals surface area (Å²) >= 11 is 0.